The van der Waals surface area contributed by atoms with E-state index in [2.05, 4.69) is 32.2 Å². The van der Waals surface area contributed by atoms with Crippen LogP contribution < -0.4 is 10.1 Å². The smallest absolute Gasteiger partial charge is 0.142 e. The molecule has 1 heterocycles. The number of ether oxygens (including phenoxy) is 2. The van der Waals surface area contributed by atoms with Gasteiger partial charge < -0.3 is 14.8 Å². The van der Waals surface area contributed by atoms with Gasteiger partial charge in [0.25, 0.3) is 0 Å². The Morgan fingerprint density at radius 3 is 2.81 bits per heavy atom. The first-order valence-corrected chi connectivity index (χ1v) is 8.10. The fourth-order valence-electron chi connectivity index (χ4n) is 2.33. The van der Waals surface area contributed by atoms with Gasteiger partial charge in [-0.15, -0.1) is 0 Å². The summed E-state index contributed by atoms with van der Waals surface area (Å²) >= 11 is 6.30. The van der Waals surface area contributed by atoms with Crippen molar-refractivity contribution in [2.24, 2.45) is 0 Å². The Kier molecular flexibility index (Phi) is 5.91. The summed E-state index contributed by atoms with van der Waals surface area (Å²) in [7, 11) is 0. The molecule has 1 aliphatic rings. The van der Waals surface area contributed by atoms with Gasteiger partial charge in [-0.25, -0.2) is 0 Å². The zero-order chi connectivity index (χ0) is 15.3. The molecule has 1 fully saturated rings. The molecule has 1 aliphatic heterocycles. The minimum atomic E-state index is 0.0616. The molecule has 21 heavy (non-hydrogen) atoms. The first kappa shape index (κ1) is 16.6. The average Bonchev–Trinajstić information content (AvgIpc) is 2.44. The van der Waals surface area contributed by atoms with E-state index >= 15 is 0 Å². The molecule has 0 bridgehead atoms. The molecule has 0 aliphatic carbocycles. The molecule has 1 aromatic rings. The predicted molar refractivity (Wildman–Crippen MR) is 87.1 cm³/mol. The maximum Gasteiger partial charge on any atom is 0.142 e. The van der Waals surface area contributed by atoms with Crippen LogP contribution in [0.15, 0.2) is 18.2 Å². The molecule has 0 aromatic heterocycles. The van der Waals surface area contributed by atoms with E-state index in [0.717, 1.165) is 37.3 Å². The normalized spacial score (nSPS) is 19.5. The minimum Gasteiger partial charge on any atom is -0.489 e. The summed E-state index contributed by atoms with van der Waals surface area (Å²) in [4.78, 5) is 0. The van der Waals surface area contributed by atoms with Crippen LogP contribution in [0.4, 0.5) is 0 Å². The van der Waals surface area contributed by atoms with Crippen LogP contribution in [-0.2, 0) is 11.3 Å². The quantitative estimate of drug-likeness (QED) is 0.885. The van der Waals surface area contributed by atoms with E-state index in [4.69, 9.17) is 21.1 Å². The van der Waals surface area contributed by atoms with Crippen molar-refractivity contribution in [3.8, 4) is 5.75 Å². The number of nitrogens with one attached hydrogen (secondary N) is 1. The maximum atomic E-state index is 6.30. The summed E-state index contributed by atoms with van der Waals surface area (Å²) in [6.45, 7) is 8.60. The summed E-state index contributed by atoms with van der Waals surface area (Å²) in [5.41, 5.74) is 1.15. The van der Waals surface area contributed by atoms with E-state index in [-0.39, 0.29) is 11.6 Å². The Morgan fingerprint density at radius 1 is 1.33 bits per heavy atom. The fraction of sp³-hybridized carbons (Fsp3) is 0.647. The lowest BCUT2D eigenvalue weighted by molar-refractivity contribution is -0.0112. The molecule has 1 atom stereocenters. The van der Waals surface area contributed by atoms with Crippen LogP contribution in [0, 0.1) is 0 Å². The highest BCUT2D eigenvalue weighted by Gasteiger charge is 2.17. The van der Waals surface area contributed by atoms with E-state index in [1.165, 1.54) is 6.42 Å². The summed E-state index contributed by atoms with van der Waals surface area (Å²) in [5, 5.41) is 4.14. The summed E-state index contributed by atoms with van der Waals surface area (Å²) in [5.74, 6) is 0.782. The Balaban J connectivity index is 1.99. The second-order valence-electron chi connectivity index (χ2n) is 6.63. The van der Waals surface area contributed by atoms with Crippen LogP contribution in [0.3, 0.4) is 0 Å². The predicted octanol–water partition coefficient (Wildman–Crippen LogP) is 4.18. The van der Waals surface area contributed by atoms with Gasteiger partial charge in [0.05, 0.1) is 11.1 Å². The third-order valence-corrected chi connectivity index (χ3v) is 3.84. The molecule has 0 saturated carbocycles. The van der Waals surface area contributed by atoms with E-state index < -0.39 is 0 Å². The first-order valence-electron chi connectivity index (χ1n) is 7.72. The molecular formula is C17H26ClNO2. The molecule has 4 heteroatoms. The van der Waals surface area contributed by atoms with Crippen molar-refractivity contribution in [3.63, 3.8) is 0 Å². The molecule has 1 aromatic carbocycles. The van der Waals surface area contributed by atoms with Crippen molar-refractivity contribution in [1.82, 2.24) is 5.32 Å². The van der Waals surface area contributed by atoms with Gasteiger partial charge >= 0.3 is 0 Å². The van der Waals surface area contributed by atoms with Crippen LogP contribution >= 0.6 is 11.6 Å². The second kappa shape index (κ2) is 7.48. The standard InChI is InChI=1S/C17H26ClNO2/c1-17(2,3)19-11-13-7-6-9-15(18)16(13)21-12-14-8-4-5-10-20-14/h6-7,9,14,19H,4-5,8,10-12H2,1-3H3. The first-order chi connectivity index (χ1) is 9.96. The number of benzene rings is 1. The number of hydrogen-bond acceptors (Lipinski definition) is 3. The zero-order valence-corrected chi connectivity index (χ0v) is 14.0. The van der Waals surface area contributed by atoms with Gasteiger partial charge in [0.2, 0.25) is 0 Å². The number of para-hydroxylation sites is 1. The largest absolute Gasteiger partial charge is 0.489 e. The van der Waals surface area contributed by atoms with Gasteiger partial charge in [0.15, 0.2) is 0 Å². The molecule has 0 radical (unpaired) electrons. The van der Waals surface area contributed by atoms with Gasteiger partial charge in [0, 0.05) is 24.3 Å². The highest BCUT2D eigenvalue weighted by Crippen LogP contribution is 2.29. The third-order valence-electron chi connectivity index (χ3n) is 3.55. The van der Waals surface area contributed by atoms with Crippen LogP contribution in [-0.4, -0.2) is 24.9 Å². The monoisotopic (exact) mass is 311 g/mol. The molecule has 3 nitrogen and oxygen atoms in total. The summed E-state index contributed by atoms with van der Waals surface area (Å²) < 4.78 is 11.7. The number of halogens is 1. The highest BCUT2D eigenvalue weighted by molar-refractivity contribution is 6.32. The lowest BCUT2D eigenvalue weighted by Gasteiger charge is -2.25. The van der Waals surface area contributed by atoms with Gasteiger partial charge in [0.1, 0.15) is 12.4 Å². The van der Waals surface area contributed by atoms with Crippen molar-refractivity contribution in [2.45, 2.75) is 58.2 Å². The van der Waals surface area contributed by atoms with Crippen molar-refractivity contribution in [2.75, 3.05) is 13.2 Å². The molecule has 118 valence electrons. The number of hydrogen-bond donors (Lipinski definition) is 1. The lowest BCUT2D eigenvalue weighted by atomic mass is 10.1. The maximum absolute atomic E-state index is 6.30. The topological polar surface area (TPSA) is 30.5 Å². The van der Waals surface area contributed by atoms with Gasteiger partial charge in [-0.05, 0) is 46.1 Å². The van der Waals surface area contributed by atoms with Gasteiger partial charge in [-0.3, -0.25) is 0 Å². The van der Waals surface area contributed by atoms with E-state index in [1.54, 1.807) is 0 Å². The van der Waals surface area contributed by atoms with Gasteiger partial charge in [-0.1, -0.05) is 23.7 Å². The van der Waals surface area contributed by atoms with Crippen LogP contribution in [0.2, 0.25) is 5.02 Å². The van der Waals surface area contributed by atoms with Crippen LogP contribution in [0.25, 0.3) is 0 Å². The molecule has 0 spiro atoms. The Morgan fingerprint density at radius 2 is 2.14 bits per heavy atom. The summed E-state index contributed by atoms with van der Waals surface area (Å²) in [6.07, 6.45) is 3.64. The second-order valence-corrected chi connectivity index (χ2v) is 7.04. The Hall–Kier alpha value is -0.770. The van der Waals surface area contributed by atoms with Crippen molar-refractivity contribution in [1.29, 1.82) is 0 Å². The average molecular weight is 312 g/mol. The van der Waals surface area contributed by atoms with Crippen LogP contribution in [0.5, 0.6) is 5.75 Å². The molecule has 0 amide bonds. The lowest BCUT2D eigenvalue weighted by Crippen LogP contribution is -2.35. The van der Waals surface area contributed by atoms with E-state index in [0.29, 0.717) is 11.6 Å². The number of rotatable bonds is 5. The van der Waals surface area contributed by atoms with E-state index in [9.17, 15) is 0 Å². The zero-order valence-electron chi connectivity index (χ0n) is 13.2. The molecule has 1 unspecified atom stereocenters. The molecule has 1 N–H and O–H groups in total. The fourth-order valence-corrected chi connectivity index (χ4v) is 2.58. The molecule has 2 rings (SSSR count). The van der Waals surface area contributed by atoms with Crippen molar-refractivity contribution < 1.29 is 9.47 Å². The van der Waals surface area contributed by atoms with Gasteiger partial charge in [-0.2, -0.15) is 0 Å². The summed E-state index contributed by atoms with van der Waals surface area (Å²) in [6, 6.07) is 5.90. The van der Waals surface area contributed by atoms with Crippen molar-refractivity contribution >= 4 is 11.6 Å². The molecular weight excluding hydrogens is 286 g/mol. The van der Waals surface area contributed by atoms with Crippen LogP contribution in [0.1, 0.15) is 45.6 Å². The molecule has 1 saturated heterocycles. The third kappa shape index (κ3) is 5.50. The Labute approximate surface area is 133 Å². The SMILES string of the molecule is CC(C)(C)NCc1cccc(Cl)c1OCC1CCCCO1. The highest BCUT2D eigenvalue weighted by atomic mass is 35.5. The van der Waals surface area contributed by atoms with Crippen molar-refractivity contribution in [3.05, 3.63) is 28.8 Å². The Bertz CT molecular complexity index is 451. The minimum absolute atomic E-state index is 0.0616. The van der Waals surface area contributed by atoms with E-state index in [1.807, 2.05) is 12.1 Å².